The number of halogens is 2. The minimum Gasteiger partial charge on any atom is -0.345 e. The second kappa shape index (κ2) is 6.57. The summed E-state index contributed by atoms with van der Waals surface area (Å²) in [5, 5.41) is 1.35. The molecule has 0 saturated carbocycles. The largest absolute Gasteiger partial charge is 0.345 e. The van der Waals surface area contributed by atoms with Crippen LogP contribution in [-0.4, -0.2) is 44.6 Å². The van der Waals surface area contributed by atoms with E-state index in [0.29, 0.717) is 22.4 Å². The van der Waals surface area contributed by atoms with Crippen LogP contribution in [0.1, 0.15) is 24.7 Å². The number of likely N-dealkylation sites (tertiary alicyclic amines) is 1. The molecule has 0 spiro atoms. The molecule has 0 amide bonds. The number of aromatic amines is 1. The first-order valence-electron chi connectivity index (χ1n) is 9.52. The molecule has 7 heteroatoms. The summed E-state index contributed by atoms with van der Waals surface area (Å²) in [5.74, 6) is 0.575. The van der Waals surface area contributed by atoms with E-state index in [1.165, 1.54) is 0 Å². The summed E-state index contributed by atoms with van der Waals surface area (Å²) in [4.78, 5) is 14.3. The Hall–Kier alpha value is -2.44. The number of imidazole rings is 1. The van der Waals surface area contributed by atoms with Crippen molar-refractivity contribution in [1.82, 2.24) is 24.4 Å². The Bertz CT molecular complexity index is 1190. The Balaban J connectivity index is 1.68. The molecule has 5 rings (SSSR count). The Labute approximate surface area is 167 Å². The fraction of sp³-hybridized carbons (Fsp3) is 0.333. The number of aromatic nitrogens is 4. The minimum atomic E-state index is -0.293. The van der Waals surface area contributed by atoms with Gasteiger partial charge in [0.2, 0.25) is 0 Å². The molecule has 4 heterocycles. The molecular weight excluding hydrogens is 377 g/mol. The normalized spacial score (nSPS) is 16.4. The lowest BCUT2D eigenvalue weighted by molar-refractivity contribution is 0.222. The summed E-state index contributed by atoms with van der Waals surface area (Å²) in [5.41, 5.74) is 3.73. The number of hydrogen-bond acceptors (Lipinski definition) is 3. The number of aryl methyl sites for hydroxylation is 1. The van der Waals surface area contributed by atoms with E-state index in [4.69, 9.17) is 11.6 Å². The van der Waals surface area contributed by atoms with Crippen molar-refractivity contribution in [3.63, 3.8) is 0 Å². The van der Waals surface area contributed by atoms with Crippen molar-refractivity contribution in [3.05, 3.63) is 47.3 Å². The van der Waals surface area contributed by atoms with Crippen molar-refractivity contribution in [1.29, 1.82) is 0 Å². The van der Waals surface area contributed by atoms with Gasteiger partial charge in [0, 0.05) is 23.2 Å². The van der Waals surface area contributed by atoms with Crippen molar-refractivity contribution in [2.75, 3.05) is 20.1 Å². The Kier molecular flexibility index (Phi) is 4.14. The summed E-state index contributed by atoms with van der Waals surface area (Å²) in [6.07, 6.45) is 3.95. The maximum absolute atomic E-state index is 15.0. The van der Waals surface area contributed by atoms with Gasteiger partial charge in [-0.25, -0.2) is 14.4 Å². The molecule has 1 aliphatic rings. The Morgan fingerprint density at radius 3 is 2.75 bits per heavy atom. The van der Waals surface area contributed by atoms with Gasteiger partial charge in [-0.1, -0.05) is 11.6 Å². The van der Waals surface area contributed by atoms with E-state index in [0.717, 1.165) is 53.8 Å². The average molecular weight is 398 g/mol. The zero-order valence-electron chi connectivity index (χ0n) is 15.8. The van der Waals surface area contributed by atoms with E-state index >= 15 is 0 Å². The summed E-state index contributed by atoms with van der Waals surface area (Å²) in [7, 11) is 2.14. The predicted molar refractivity (Wildman–Crippen MR) is 110 cm³/mol. The van der Waals surface area contributed by atoms with E-state index < -0.39 is 0 Å². The highest BCUT2D eigenvalue weighted by Crippen LogP contribution is 2.35. The fourth-order valence-electron chi connectivity index (χ4n) is 4.36. The smallest absolute Gasteiger partial charge is 0.151 e. The third-order valence-corrected chi connectivity index (χ3v) is 6.00. The summed E-state index contributed by atoms with van der Waals surface area (Å²) < 4.78 is 17.2. The molecule has 0 atom stereocenters. The van der Waals surface area contributed by atoms with E-state index in [2.05, 4.69) is 31.5 Å². The van der Waals surface area contributed by atoms with Crippen LogP contribution in [0, 0.1) is 12.7 Å². The molecule has 0 unspecified atom stereocenters. The molecule has 28 heavy (non-hydrogen) atoms. The molecule has 144 valence electrons. The van der Waals surface area contributed by atoms with Crippen LogP contribution < -0.4 is 0 Å². The third kappa shape index (κ3) is 2.79. The molecule has 1 aromatic carbocycles. The van der Waals surface area contributed by atoms with Crippen LogP contribution in [0.3, 0.4) is 0 Å². The lowest BCUT2D eigenvalue weighted by atomic mass is 10.0. The van der Waals surface area contributed by atoms with E-state index in [9.17, 15) is 4.39 Å². The molecule has 1 fully saturated rings. The van der Waals surface area contributed by atoms with Gasteiger partial charge in [-0.3, -0.25) is 0 Å². The highest BCUT2D eigenvalue weighted by Gasteiger charge is 2.23. The highest BCUT2D eigenvalue weighted by molar-refractivity contribution is 6.29. The van der Waals surface area contributed by atoms with Gasteiger partial charge in [-0.2, -0.15) is 0 Å². The topological polar surface area (TPSA) is 49.7 Å². The number of nitrogens with one attached hydrogen (secondary N) is 1. The van der Waals surface area contributed by atoms with Crippen LogP contribution in [0.25, 0.3) is 33.2 Å². The molecule has 0 aliphatic carbocycles. The number of rotatable bonds is 2. The highest BCUT2D eigenvalue weighted by atomic mass is 35.5. The maximum Gasteiger partial charge on any atom is 0.151 e. The molecular formula is C21H21ClFN5. The molecule has 5 nitrogen and oxygen atoms in total. The van der Waals surface area contributed by atoms with Gasteiger partial charge in [0.15, 0.2) is 5.82 Å². The van der Waals surface area contributed by atoms with Gasteiger partial charge in [0.05, 0.1) is 5.52 Å². The van der Waals surface area contributed by atoms with Crippen molar-refractivity contribution >= 4 is 33.7 Å². The van der Waals surface area contributed by atoms with Gasteiger partial charge in [0.1, 0.15) is 22.1 Å². The average Bonchev–Trinajstić information content (AvgIpc) is 3.23. The van der Waals surface area contributed by atoms with Gasteiger partial charge >= 0.3 is 0 Å². The van der Waals surface area contributed by atoms with Crippen LogP contribution in [0.4, 0.5) is 4.39 Å². The standard InChI is InChI=1S/C21H21ClFN5/c1-12-25-20-17(23)9-13(16-11-24-21-15(16)3-4-19(22)26-21)10-18(20)28(12)14-5-7-27(2)8-6-14/h3-4,9-11,14H,5-8H2,1-2H3,(H,24,26). The van der Waals surface area contributed by atoms with Crippen LogP contribution in [0.2, 0.25) is 5.15 Å². The quantitative estimate of drug-likeness (QED) is 0.487. The number of H-pyrrole nitrogens is 1. The maximum atomic E-state index is 15.0. The third-order valence-electron chi connectivity index (χ3n) is 5.79. The lowest BCUT2D eigenvalue weighted by Crippen LogP contribution is -2.31. The van der Waals surface area contributed by atoms with Crippen LogP contribution in [0.5, 0.6) is 0 Å². The number of benzene rings is 1. The van der Waals surface area contributed by atoms with Gasteiger partial charge in [-0.15, -0.1) is 0 Å². The van der Waals surface area contributed by atoms with Crippen molar-refractivity contribution in [2.24, 2.45) is 0 Å². The van der Waals surface area contributed by atoms with Gasteiger partial charge in [0.25, 0.3) is 0 Å². The Morgan fingerprint density at radius 1 is 1.18 bits per heavy atom. The van der Waals surface area contributed by atoms with Crippen LogP contribution in [0.15, 0.2) is 30.5 Å². The number of piperidine rings is 1. The van der Waals surface area contributed by atoms with E-state index in [1.54, 1.807) is 12.1 Å². The first-order valence-corrected chi connectivity index (χ1v) is 9.89. The molecule has 1 aliphatic heterocycles. The zero-order valence-corrected chi connectivity index (χ0v) is 16.6. The fourth-order valence-corrected chi connectivity index (χ4v) is 4.51. The SMILES string of the molecule is Cc1nc2c(F)cc(-c3c[nH]c4nc(Cl)ccc34)cc2n1C1CCN(C)CC1. The zero-order chi connectivity index (χ0) is 19.4. The monoisotopic (exact) mass is 397 g/mol. The summed E-state index contributed by atoms with van der Waals surface area (Å²) in [6.45, 7) is 4.05. The molecule has 0 radical (unpaired) electrons. The lowest BCUT2D eigenvalue weighted by Gasteiger charge is -2.30. The minimum absolute atomic E-state index is 0.293. The second-order valence-corrected chi connectivity index (χ2v) is 8.01. The van der Waals surface area contributed by atoms with Crippen molar-refractivity contribution in [2.45, 2.75) is 25.8 Å². The number of hydrogen-bond donors (Lipinski definition) is 1. The first-order chi connectivity index (χ1) is 13.5. The predicted octanol–water partition coefficient (Wildman–Crippen LogP) is 4.95. The molecule has 4 aromatic rings. The summed E-state index contributed by atoms with van der Waals surface area (Å²) in [6, 6.07) is 7.62. The molecule has 1 saturated heterocycles. The van der Waals surface area contributed by atoms with Gasteiger partial charge in [-0.05, 0) is 69.7 Å². The summed E-state index contributed by atoms with van der Waals surface area (Å²) >= 11 is 5.99. The molecule has 3 aromatic heterocycles. The number of fused-ring (bicyclic) bond motifs is 2. The van der Waals surface area contributed by atoms with Crippen molar-refractivity contribution < 1.29 is 4.39 Å². The Morgan fingerprint density at radius 2 is 1.96 bits per heavy atom. The first kappa shape index (κ1) is 17.6. The molecule has 1 N–H and O–H groups in total. The van der Waals surface area contributed by atoms with E-state index in [-0.39, 0.29) is 5.82 Å². The molecule has 0 bridgehead atoms. The van der Waals surface area contributed by atoms with Crippen LogP contribution in [-0.2, 0) is 0 Å². The van der Waals surface area contributed by atoms with E-state index in [1.807, 2.05) is 25.3 Å². The van der Waals surface area contributed by atoms with Crippen molar-refractivity contribution in [3.8, 4) is 11.1 Å². The number of pyridine rings is 1. The van der Waals surface area contributed by atoms with Crippen LogP contribution >= 0.6 is 11.6 Å². The van der Waals surface area contributed by atoms with Gasteiger partial charge < -0.3 is 14.5 Å². The second-order valence-electron chi connectivity index (χ2n) is 7.62. The number of nitrogens with zero attached hydrogens (tertiary/aromatic N) is 4.